The second-order valence-corrected chi connectivity index (χ2v) is 7.22. The molecule has 0 bridgehead atoms. The SMILES string of the molecule is Cc1cc(B2OC(C)(C)C(C)(C)O2)cnc1-c1cccc(C#N)c1. The predicted octanol–water partition coefficient (Wildman–Crippen LogP) is 3.23. The molecule has 1 fully saturated rings. The molecule has 2 aromatic rings. The van der Waals surface area contributed by atoms with E-state index in [1.807, 2.05) is 58.9 Å². The van der Waals surface area contributed by atoms with Crippen LogP contribution in [0.25, 0.3) is 11.3 Å². The number of aryl methyl sites for hydroxylation is 1. The lowest BCUT2D eigenvalue weighted by molar-refractivity contribution is 0.00578. The van der Waals surface area contributed by atoms with Crippen molar-refractivity contribution in [2.75, 3.05) is 0 Å². The van der Waals surface area contributed by atoms with Crippen LogP contribution in [-0.2, 0) is 9.31 Å². The Bertz CT molecular complexity index is 808. The van der Waals surface area contributed by atoms with Crippen molar-refractivity contribution in [3.63, 3.8) is 0 Å². The monoisotopic (exact) mass is 320 g/mol. The molecule has 0 saturated carbocycles. The first kappa shape index (κ1) is 16.7. The van der Waals surface area contributed by atoms with Crippen LogP contribution in [0, 0.1) is 18.3 Å². The van der Waals surface area contributed by atoms with E-state index in [-0.39, 0.29) is 11.2 Å². The highest BCUT2D eigenvalue weighted by Gasteiger charge is 2.51. The molecule has 5 heteroatoms. The van der Waals surface area contributed by atoms with Crippen molar-refractivity contribution in [1.29, 1.82) is 5.26 Å². The lowest BCUT2D eigenvalue weighted by Gasteiger charge is -2.32. The molecule has 24 heavy (non-hydrogen) atoms. The standard InChI is InChI=1S/C19H21BN2O2/c1-13-9-16(20-23-18(2,3)19(4,5)24-20)12-22-17(13)15-8-6-7-14(10-15)11-21/h6-10,12H,1-5H3. The zero-order valence-electron chi connectivity index (χ0n) is 14.8. The maximum Gasteiger partial charge on any atom is 0.496 e. The third-order valence-corrected chi connectivity index (χ3v) is 4.89. The average molecular weight is 320 g/mol. The van der Waals surface area contributed by atoms with Crippen LogP contribution in [-0.4, -0.2) is 23.3 Å². The molecule has 0 spiro atoms. The summed E-state index contributed by atoms with van der Waals surface area (Å²) in [5.41, 5.74) is 3.63. The highest BCUT2D eigenvalue weighted by molar-refractivity contribution is 6.62. The summed E-state index contributed by atoms with van der Waals surface area (Å²) in [5, 5.41) is 9.06. The van der Waals surface area contributed by atoms with Crippen molar-refractivity contribution in [1.82, 2.24) is 4.98 Å². The Morgan fingerprint density at radius 2 is 1.75 bits per heavy atom. The summed E-state index contributed by atoms with van der Waals surface area (Å²) in [6, 6.07) is 11.7. The predicted molar refractivity (Wildman–Crippen MR) is 94.8 cm³/mol. The Morgan fingerprint density at radius 3 is 2.33 bits per heavy atom. The molecule has 3 rings (SSSR count). The van der Waals surface area contributed by atoms with Crippen LogP contribution in [0.1, 0.15) is 38.8 Å². The van der Waals surface area contributed by atoms with E-state index in [0.29, 0.717) is 5.56 Å². The summed E-state index contributed by atoms with van der Waals surface area (Å²) < 4.78 is 12.2. The van der Waals surface area contributed by atoms with Gasteiger partial charge in [0.05, 0.1) is 28.5 Å². The third kappa shape index (κ3) is 2.84. The number of benzene rings is 1. The Morgan fingerprint density at radius 1 is 1.08 bits per heavy atom. The Balaban J connectivity index is 1.93. The molecule has 2 heterocycles. The minimum atomic E-state index is -0.416. The van der Waals surface area contributed by atoms with E-state index in [4.69, 9.17) is 14.6 Å². The van der Waals surface area contributed by atoms with E-state index < -0.39 is 7.12 Å². The largest absolute Gasteiger partial charge is 0.496 e. The second-order valence-electron chi connectivity index (χ2n) is 7.22. The molecule has 0 aliphatic carbocycles. The van der Waals surface area contributed by atoms with Crippen LogP contribution in [0.15, 0.2) is 36.5 Å². The molecular weight excluding hydrogens is 299 g/mol. The van der Waals surface area contributed by atoms with E-state index in [1.54, 1.807) is 12.3 Å². The summed E-state index contributed by atoms with van der Waals surface area (Å²) in [5.74, 6) is 0. The molecular formula is C19H21BN2O2. The molecule has 1 aromatic carbocycles. The average Bonchev–Trinajstić information content (AvgIpc) is 2.75. The number of aromatic nitrogens is 1. The minimum absolute atomic E-state index is 0.370. The van der Waals surface area contributed by atoms with Crippen LogP contribution in [0.5, 0.6) is 0 Å². The van der Waals surface area contributed by atoms with E-state index in [1.165, 1.54) is 0 Å². The minimum Gasteiger partial charge on any atom is -0.399 e. The van der Waals surface area contributed by atoms with Crippen LogP contribution < -0.4 is 5.46 Å². The molecule has 0 atom stereocenters. The second kappa shape index (κ2) is 5.73. The normalized spacial score (nSPS) is 18.4. The van der Waals surface area contributed by atoms with Crippen molar-refractivity contribution in [3.05, 3.63) is 47.7 Å². The first-order valence-electron chi connectivity index (χ1n) is 8.06. The number of hydrogen-bond donors (Lipinski definition) is 0. The lowest BCUT2D eigenvalue weighted by atomic mass is 9.79. The Labute approximate surface area is 143 Å². The van der Waals surface area contributed by atoms with Gasteiger partial charge in [0.25, 0.3) is 0 Å². The molecule has 4 nitrogen and oxygen atoms in total. The van der Waals surface area contributed by atoms with Gasteiger partial charge in [0, 0.05) is 17.2 Å². The summed E-state index contributed by atoms with van der Waals surface area (Å²) in [7, 11) is -0.416. The maximum absolute atomic E-state index is 9.06. The van der Waals surface area contributed by atoms with Gasteiger partial charge in [-0.1, -0.05) is 18.2 Å². The Kier molecular flexibility index (Phi) is 3.99. The van der Waals surface area contributed by atoms with Crippen LogP contribution >= 0.6 is 0 Å². The van der Waals surface area contributed by atoms with Gasteiger partial charge in [-0.25, -0.2) is 0 Å². The first-order valence-corrected chi connectivity index (χ1v) is 8.06. The van der Waals surface area contributed by atoms with E-state index in [0.717, 1.165) is 22.3 Å². The van der Waals surface area contributed by atoms with Crippen molar-refractivity contribution >= 4 is 12.6 Å². The molecule has 1 aliphatic rings. The quantitative estimate of drug-likeness (QED) is 0.797. The molecule has 1 saturated heterocycles. The highest BCUT2D eigenvalue weighted by Crippen LogP contribution is 2.36. The summed E-state index contributed by atoms with van der Waals surface area (Å²) in [6.07, 6.45) is 1.80. The van der Waals surface area contributed by atoms with Gasteiger partial charge in [0.2, 0.25) is 0 Å². The lowest BCUT2D eigenvalue weighted by Crippen LogP contribution is -2.41. The van der Waals surface area contributed by atoms with E-state index in [2.05, 4.69) is 11.1 Å². The van der Waals surface area contributed by atoms with Gasteiger partial charge in [-0.15, -0.1) is 0 Å². The fourth-order valence-electron chi connectivity index (χ4n) is 2.74. The molecule has 0 unspecified atom stereocenters. The van der Waals surface area contributed by atoms with Gasteiger partial charge < -0.3 is 9.31 Å². The number of pyridine rings is 1. The van der Waals surface area contributed by atoms with E-state index >= 15 is 0 Å². The van der Waals surface area contributed by atoms with Crippen LogP contribution in [0.2, 0.25) is 0 Å². The highest BCUT2D eigenvalue weighted by atomic mass is 16.7. The number of rotatable bonds is 2. The number of hydrogen-bond acceptors (Lipinski definition) is 4. The zero-order chi connectivity index (χ0) is 17.5. The molecule has 0 amide bonds. The third-order valence-electron chi connectivity index (χ3n) is 4.89. The zero-order valence-corrected chi connectivity index (χ0v) is 14.8. The summed E-state index contributed by atoms with van der Waals surface area (Å²) in [6.45, 7) is 10.2. The summed E-state index contributed by atoms with van der Waals surface area (Å²) >= 11 is 0. The van der Waals surface area contributed by atoms with Crippen LogP contribution in [0.4, 0.5) is 0 Å². The van der Waals surface area contributed by atoms with Gasteiger partial charge in [-0.2, -0.15) is 5.26 Å². The van der Waals surface area contributed by atoms with Gasteiger partial charge in [0.1, 0.15) is 0 Å². The molecule has 122 valence electrons. The molecule has 0 N–H and O–H groups in total. The molecule has 1 aromatic heterocycles. The fraction of sp³-hybridized carbons (Fsp3) is 0.368. The van der Waals surface area contributed by atoms with Crippen molar-refractivity contribution in [2.45, 2.75) is 45.8 Å². The topological polar surface area (TPSA) is 55.1 Å². The Hall–Kier alpha value is -2.16. The van der Waals surface area contributed by atoms with Gasteiger partial charge in [-0.3, -0.25) is 4.98 Å². The van der Waals surface area contributed by atoms with Crippen molar-refractivity contribution in [3.8, 4) is 17.3 Å². The van der Waals surface area contributed by atoms with E-state index in [9.17, 15) is 0 Å². The van der Waals surface area contributed by atoms with Crippen molar-refractivity contribution in [2.24, 2.45) is 0 Å². The van der Waals surface area contributed by atoms with Crippen molar-refractivity contribution < 1.29 is 9.31 Å². The smallest absolute Gasteiger partial charge is 0.399 e. The van der Waals surface area contributed by atoms with Gasteiger partial charge in [-0.05, 0) is 52.3 Å². The van der Waals surface area contributed by atoms with Gasteiger partial charge in [0.15, 0.2) is 0 Å². The number of nitriles is 1. The summed E-state index contributed by atoms with van der Waals surface area (Å²) in [4.78, 5) is 4.59. The molecule has 0 radical (unpaired) electrons. The first-order chi connectivity index (χ1) is 11.2. The fourth-order valence-corrected chi connectivity index (χ4v) is 2.74. The molecule has 1 aliphatic heterocycles. The van der Waals surface area contributed by atoms with Crippen LogP contribution in [0.3, 0.4) is 0 Å². The maximum atomic E-state index is 9.06. The number of nitrogens with zero attached hydrogens (tertiary/aromatic N) is 2. The van der Waals surface area contributed by atoms with Gasteiger partial charge >= 0.3 is 7.12 Å².